The van der Waals surface area contributed by atoms with E-state index >= 15 is 0 Å². The van der Waals surface area contributed by atoms with Crippen LogP contribution < -0.4 is 0 Å². The largest absolute Gasteiger partial charge is 0.348 e. The molecule has 0 N–H and O–H groups in total. The molecule has 2 atom stereocenters. The molecule has 2 unspecified atom stereocenters. The molecule has 2 rings (SSSR count). The van der Waals surface area contributed by atoms with Crippen LogP contribution >= 0.6 is 0 Å². The third-order valence-electron chi connectivity index (χ3n) is 4.66. The maximum atomic E-state index is 11.5. The van der Waals surface area contributed by atoms with Crippen LogP contribution in [0.3, 0.4) is 0 Å². The standard InChI is InChI=1S/C12H20O3.C5H12/c1-3-10-8-12(14-6-7-15-12)5-4-11(10)9(2)13;1-4-5(2)3/h10-11H,3-8H2,1-2H3;5H,4H2,1-3H3. The van der Waals surface area contributed by atoms with Crippen molar-refractivity contribution >= 4 is 5.78 Å². The Morgan fingerprint density at radius 1 is 1.25 bits per heavy atom. The van der Waals surface area contributed by atoms with Crippen molar-refractivity contribution in [1.82, 2.24) is 0 Å². The Kier molecular flexibility index (Phi) is 7.18. The second-order valence-electron chi connectivity index (χ2n) is 6.54. The van der Waals surface area contributed by atoms with Gasteiger partial charge in [-0.2, -0.15) is 0 Å². The summed E-state index contributed by atoms with van der Waals surface area (Å²) in [5.41, 5.74) is 0. The molecule has 3 heteroatoms. The van der Waals surface area contributed by atoms with E-state index in [2.05, 4.69) is 27.7 Å². The normalized spacial score (nSPS) is 28.3. The van der Waals surface area contributed by atoms with Crippen LogP contribution in [-0.2, 0) is 14.3 Å². The fourth-order valence-corrected chi connectivity index (χ4v) is 2.98. The topological polar surface area (TPSA) is 35.5 Å². The molecule has 0 aromatic carbocycles. The van der Waals surface area contributed by atoms with Gasteiger partial charge in [-0.1, -0.05) is 40.5 Å². The predicted molar refractivity (Wildman–Crippen MR) is 81.6 cm³/mol. The van der Waals surface area contributed by atoms with Crippen LogP contribution in [0.15, 0.2) is 0 Å². The zero-order valence-corrected chi connectivity index (χ0v) is 13.9. The van der Waals surface area contributed by atoms with E-state index < -0.39 is 0 Å². The zero-order valence-electron chi connectivity index (χ0n) is 13.9. The highest BCUT2D eigenvalue weighted by molar-refractivity contribution is 5.78. The molecule has 0 radical (unpaired) electrons. The van der Waals surface area contributed by atoms with Gasteiger partial charge in [0.15, 0.2) is 5.79 Å². The predicted octanol–water partition coefficient (Wildman–Crippen LogP) is 4.20. The highest BCUT2D eigenvalue weighted by atomic mass is 16.7. The van der Waals surface area contributed by atoms with E-state index in [1.807, 2.05) is 0 Å². The second-order valence-corrected chi connectivity index (χ2v) is 6.54. The molecule has 1 saturated carbocycles. The molecule has 0 aromatic heterocycles. The van der Waals surface area contributed by atoms with E-state index in [4.69, 9.17) is 9.47 Å². The van der Waals surface area contributed by atoms with Crippen LogP contribution in [0.25, 0.3) is 0 Å². The number of Topliss-reactive ketones (excluding diaryl/α,β-unsaturated/α-hetero) is 1. The van der Waals surface area contributed by atoms with Crippen LogP contribution in [-0.4, -0.2) is 24.8 Å². The molecule has 0 bridgehead atoms. The van der Waals surface area contributed by atoms with Crippen LogP contribution in [0.4, 0.5) is 0 Å². The van der Waals surface area contributed by atoms with Crippen molar-refractivity contribution in [3.8, 4) is 0 Å². The lowest BCUT2D eigenvalue weighted by Crippen LogP contribution is -2.41. The van der Waals surface area contributed by atoms with Gasteiger partial charge in [0.1, 0.15) is 5.78 Å². The third-order valence-corrected chi connectivity index (χ3v) is 4.66. The molecule has 1 aliphatic carbocycles. The summed E-state index contributed by atoms with van der Waals surface area (Å²) >= 11 is 0. The third kappa shape index (κ3) is 4.85. The van der Waals surface area contributed by atoms with Crippen LogP contribution in [0.2, 0.25) is 0 Å². The van der Waals surface area contributed by atoms with E-state index in [1.54, 1.807) is 6.92 Å². The van der Waals surface area contributed by atoms with Crippen molar-refractivity contribution in [2.45, 2.75) is 72.5 Å². The second kappa shape index (κ2) is 8.14. The summed E-state index contributed by atoms with van der Waals surface area (Å²) in [5.74, 6) is 1.54. The molecular weight excluding hydrogens is 252 g/mol. The minimum absolute atomic E-state index is 0.230. The van der Waals surface area contributed by atoms with Crippen molar-refractivity contribution in [2.75, 3.05) is 13.2 Å². The van der Waals surface area contributed by atoms with E-state index in [0.29, 0.717) is 24.9 Å². The Balaban J connectivity index is 0.000000347. The number of hydrogen-bond acceptors (Lipinski definition) is 3. The molecule has 20 heavy (non-hydrogen) atoms. The maximum Gasteiger partial charge on any atom is 0.168 e. The number of carbonyl (C=O) groups excluding carboxylic acids is 1. The Labute approximate surface area is 124 Å². The first-order valence-electron chi connectivity index (χ1n) is 8.22. The lowest BCUT2D eigenvalue weighted by atomic mass is 9.73. The van der Waals surface area contributed by atoms with Gasteiger partial charge >= 0.3 is 0 Å². The van der Waals surface area contributed by atoms with Crippen LogP contribution in [0.5, 0.6) is 0 Å². The first-order chi connectivity index (χ1) is 9.44. The smallest absolute Gasteiger partial charge is 0.168 e. The summed E-state index contributed by atoms with van der Waals surface area (Å²) in [7, 11) is 0. The minimum atomic E-state index is -0.341. The molecule has 118 valence electrons. The zero-order chi connectivity index (χ0) is 15.2. The summed E-state index contributed by atoms with van der Waals surface area (Å²) in [5, 5.41) is 0. The van der Waals surface area contributed by atoms with Crippen LogP contribution in [0, 0.1) is 17.8 Å². The monoisotopic (exact) mass is 284 g/mol. The molecule has 1 heterocycles. The fourth-order valence-electron chi connectivity index (χ4n) is 2.98. The quantitative estimate of drug-likeness (QED) is 0.779. The van der Waals surface area contributed by atoms with Crippen molar-refractivity contribution in [1.29, 1.82) is 0 Å². The van der Waals surface area contributed by atoms with E-state index in [9.17, 15) is 4.79 Å². The molecule has 1 spiro atoms. The molecule has 0 aromatic rings. The van der Waals surface area contributed by atoms with Gasteiger partial charge in [0, 0.05) is 18.8 Å². The average Bonchev–Trinajstić information content (AvgIpc) is 2.87. The van der Waals surface area contributed by atoms with E-state index in [-0.39, 0.29) is 11.7 Å². The van der Waals surface area contributed by atoms with Gasteiger partial charge in [-0.05, 0) is 25.2 Å². The van der Waals surface area contributed by atoms with Gasteiger partial charge in [0.05, 0.1) is 13.2 Å². The molecular formula is C17H32O3. The number of rotatable bonds is 3. The summed E-state index contributed by atoms with van der Waals surface area (Å²) < 4.78 is 11.4. The summed E-state index contributed by atoms with van der Waals surface area (Å²) in [4.78, 5) is 11.5. The lowest BCUT2D eigenvalue weighted by molar-refractivity contribution is -0.195. The number of carbonyl (C=O) groups is 1. The Bertz CT molecular complexity index is 293. The molecule has 1 saturated heterocycles. The van der Waals surface area contributed by atoms with Gasteiger partial charge in [0.25, 0.3) is 0 Å². The average molecular weight is 284 g/mol. The summed E-state index contributed by atoms with van der Waals surface area (Å²) in [6.07, 6.45) is 5.05. The SMILES string of the molecule is CCC(C)C.CCC1CC2(CCC1C(C)=O)OCCO2. The Morgan fingerprint density at radius 2 is 1.80 bits per heavy atom. The first-order valence-corrected chi connectivity index (χ1v) is 8.22. The van der Waals surface area contributed by atoms with E-state index in [1.165, 1.54) is 6.42 Å². The summed E-state index contributed by atoms with van der Waals surface area (Å²) in [6, 6.07) is 0. The maximum absolute atomic E-state index is 11.5. The molecule has 2 aliphatic rings. The summed E-state index contributed by atoms with van der Waals surface area (Å²) in [6.45, 7) is 11.9. The van der Waals surface area contributed by atoms with Gasteiger partial charge in [-0.25, -0.2) is 0 Å². The van der Waals surface area contributed by atoms with Crippen molar-refractivity contribution < 1.29 is 14.3 Å². The Morgan fingerprint density at radius 3 is 2.20 bits per heavy atom. The first kappa shape index (κ1) is 17.6. The minimum Gasteiger partial charge on any atom is -0.348 e. The van der Waals surface area contributed by atoms with E-state index in [0.717, 1.165) is 31.6 Å². The Hall–Kier alpha value is -0.410. The number of ketones is 1. The van der Waals surface area contributed by atoms with Gasteiger partial charge in [-0.3, -0.25) is 4.79 Å². The highest BCUT2D eigenvalue weighted by Gasteiger charge is 2.45. The molecule has 1 aliphatic heterocycles. The van der Waals surface area contributed by atoms with Gasteiger partial charge in [-0.15, -0.1) is 0 Å². The fraction of sp³-hybridized carbons (Fsp3) is 0.941. The number of ether oxygens (including phenoxy) is 2. The number of hydrogen-bond donors (Lipinski definition) is 0. The molecule has 0 amide bonds. The van der Waals surface area contributed by atoms with Crippen molar-refractivity contribution in [3.05, 3.63) is 0 Å². The molecule has 3 nitrogen and oxygen atoms in total. The van der Waals surface area contributed by atoms with Gasteiger partial charge in [0.2, 0.25) is 0 Å². The highest BCUT2D eigenvalue weighted by Crippen LogP contribution is 2.43. The van der Waals surface area contributed by atoms with Crippen molar-refractivity contribution in [3.63, 3.8) is 0 Å². The van der Waals surface area contributed by atoms with Gasteiger partial charge < -0.3 is 9.47 Å². The lowest BCUT2D eigenvalue weighted by Gasteiger charge is -2.39. The van der Waals surface area contributed by atoms with Crippen molar-refractivity contribution in [2.24, 2.45) is 17.8 Å². The van der Waals surface area contributed by atoms with Crippen LogP contribution in [0.1, 0.15) is 66.7 Å². The molecule has 2 fully saturated rings.